The van der Waals surface area contributed by atoms with Crippen molar-refractivity contribution in [3.63, 3.8) is 0 Å². The second kappa shape index (κ2) is 10.9. The Morgan fingerprint density at radius 2 is 1.88 bits per heavy atom. The lowest BCUT2D eigenvalue weighted by Crippen LogP contribution is -2.44. The van der Waals surface area contributed by atoms with Gasteiger partial charge in [-0.1, -0.05) is 36.3 Å². The summed E-state index contributed by atoms with van der Waals surface area (Å²) in [5.41, 5.74) is 6.00. The maximum atomic E-state index is 14.0. The maximum absolute atomic E-state index is 14.0. The summed E-state index contributed by atoms with van der Waals surface area (Å²) in [6, 6.07) is 13.9. The Kier molecular flexibility index (Phi) is 7.40. The van der Waals surface area contributed by atoms with Gasteiger partial charge >= 0.3 is 12.1 Å². The number of alkyl halides is 3. The van der Waals surface area contributed by atoms with E-state index < -0.39 is 23.4 Å². The summed E-state index contributed by atoms with van der Waals surface area (Å²) in [6.07, 6.45) is -3.17. The molecule has 1 aliphatic heterocycles. The minimum absolute atomic E-state index is 0.0709. The van der Waals surface area contributed by atoms with Gasteiger partial charge in [-0.2, -0.15) is 4.98 Å². The third kappa shape index (κ3) is 5.46. The molecule has 2 aromatic carbocycles. The summed E-state index contributed by atoms with van der Waals surface area (Å²) < 4.78 is 46.5. The molecule has 0 spiro atoms. The number of hydrogen-bond acceptors (Lipinski definition) is 6. The van der Waals surface area contributed by atoms with Crippen LogP contribution in [0.1, 0.15) is 25.3 Å². The number of piperidine rings is 1. The van der Waals surface area contributed by atoms with Gasteiger partial charge in [0, 0.05) is 19.1 Å². The third-order valence-electron chi connectivity index (χ3n) is 6.65. The second-order valence-electron chi connectivity index (χ2n) is 9.49. The Hall–Kier alpha value is -4.50. The molecule has 1 atom stereocenters. The third-order valence-corrected chi connectivity index (χ3v) is 6.65. The smallest absolute Gasteiger partial charge is 0.406 e. The fourth-order valence-electron chi connectivity index (χ4n) is 4.94. The minimum atomic E-state index is -4.88. The highest BCUT2D eigenvalue weighted by Crippen LogP contribution is 2.26. The summed E-state index contributed by atoms with van der Waals surface area (Å²) in [7, 11) is 0. The molecule has 208 valence electrons. The number of nitrogens with zero attached hydrogens (tertiary/aromatic N) is 5. The Morgan fingerprint density at radius 3 is 2.58 bits per heavy atom. The molecule has 1 unspecified atom stereocenters. The number of para-hydroxylation sites is 1. The number of aromatic nitrogens is 4. The topological polar surface area (TPSA) is 100 Å². The first-order valence-electron chi connectivity index (χ1n) is 12.7. The molecule has 2 N–H and O–H groups in total. The Morgan fingerprint density at radius 1 is 1.10 bits per heavy atom. The van der Waals surface area contributed by atoms with Gasteiger partial charge in [-0.15, -0.1) is 19.1 Å². The van der Waals surface area contributed by atoms with Crippen LogP contribution in [0.15, 0.2) is 64.2 Å². The number of fused-ring (bicyclic) bond motifs is 1. The van der Waals surface area contributed by atoms with Crippen molar-refractivity contribution in [1.29, 1.82) is 0 Å². The molecule has 9 nitrogen and oxygen atoms in total. The van der Waals surface area contributed by atoms with Gasteiger partial charge in [-0.05, 0) is 49.6 Å². The zero-order valence-corrected chi connectivity index (χ0v) is 21.7. The van der Waals surface area contributed by atoms with E-state index in [2.05, 4.69) is 16.6 Å². The van der Waals surface area contributed by atoms with Crippen LogP contribution >= 0.6 is 0 Å². The predicted octanol–water partition coefficient (Wildman–Crippen LogP) is 3.25. The largest absolute Gasteiger partial charge is 0.573 e. The summed E-state index contributed by atoms with van der Waals surface area (Å²) >= 11 is 0. The lowest BCUT2D eigenvalue weighted by molar-refractivity contribution is -0.274. The van der Waals surface area contributed by atoms with E-state index in [1.165, 1.54) is 16.7 Å². The highest BCUT2D eigenvalue weighted by molar-refractivity contribution is 5.76. The quantitative estimate of drug-likeness (QED) is 0.369. The van der Waals surface area contributed by atoms with E-state index >= 15 is 0 Å². The molecular weight excluding hydrogens is 525 g/mol. The van der Waals surface area contributed by atoms with E-state index in [1.54, 1.807) is 41.8 Å². The van der Waals surface area contributed by atoms with E-state index in [-0.39, 0.29) is 35.9 Å². The monoisotopic (exact) mass is 552 g/mol. The van der Waals surface area contributed by atoms with Gasteiger partial charge in [0.2, 0.25) is 5.95 Å². The van der Waals surface area contributed by atoms with Crippen LogP contribution in [0.4, 0.5) is 19.1 Å². The molecule has 1 saturated heterocycles. The summed E-state index contributed by atoms with van der Waals surface area (Å²) in [4.78, 5) is 34.7. The number of imidazole rings is 1. The number of anilines is 1. The molecule has 1 fully saturated rings. The number of halogens is 3. The number of rotatable bonds is 6. The fourth-order valence-corrected chi connectivity index (χ4v) is 4.94. The molecule has 4 aromatic rings. The van der Waals surface area contributed by atoms with Crippen molar-refractivity contribution >= 4 is 17.1 Å². The Balaban J connectivity index is 1.75. The van der Waals surface area contributed by atoms with Crippen LogP contribution < -0.4 is 26.6 Å². The first-order chi connectivity index (χ1) is 19.2. The molecule has 0 aliphatic carbocycles. The van der Waals surface area contributed by atoms with Crippen molar-refractivity contribution in [2.75, 3.05) is 18.0 Å². The fraction of sp³-hybridized carbons (Fsp3) is 0.321. The first-order valence-corrected chi connectivity index (χ1v) is 12.7. The highest BCUT2D eigenvalue weighted by Gasteiger charge is 2.31. The van der Waals surface area contributed by atoms with Gasteiger partial charge in [-0.25, -0.2) is 9.36 Å². The molecule has 5 rings (SSSR count). The molecule has 1 aliphatic rings. The van der Waals surface area contributed by atoms with Gasteiger partial charge in [-0.3, -0.25) is 13.9 Å². The number of hydrogen-bond donors (Lipinski definition) is 1. The zero-order valence-electron chi connectivity index (χ0n) is 21.7. The normalized spacial score (nSPS) is 15.6. The SMILES string of the molecule is CC#CCn1c(N2CCCC(N)C2)nc2c1c(=O)n(Cc1cccc(OC(F)(F)F)c1)c(=O)n2-c1ccccc1. The molecule has 3 heterocycles. The van der Waals surface area contributed by atoms with Crippen LogP contribution in [0.2, 0.25) is 0 Å². The second-order valence-corrected chi connectivity index (χ2v) is 9.49. The molecule has 12 heteroatoms. The van der Waals surface area contributed by atoms with Crippen molar-refractivity contribution in [1.82, 2.24) is 18.7 Å². The van der Waals surface area contributed by atoms with E-state index in [0.717, 1.165) is 29.5 Å². The number of ether oxygens (including phenoxy) is 1. The molecule has 0 radical (unpaired) electrons. The van der Waals surface area contributed by atoms with Gasteiger partial charge in [0.1, 0.15) is 5.75 Å². The molecule has 40 heavy (non-hydrogen) atoms. The number of nitrogens with two attached hydrogens (primary N) is 1. The average Bonchev–Trinajstić information content (AvgIpc) is 3.29. The predicted molar refractivity (Wildman–Crippen MR) is 145 cm³/mol. The Bertz CT molecular complexity index is 1710. The van der Waals surface area contributed by atoms with E-state index in [4.69, 9.17) is 10.7 Å². The lowest BCUT2D eigenvalue weighted by atomic mass is 10.1. The van der Waals surface area contributed by atoms with Crippen LogP contribution in [-0.4, -0.2) is 44.2 Å². The lowest BCUT2D eigenvalue weighted by Gasteiger charge is -2.31. The van der Waals surface area contributed by atoms with E-state index in [0.29, 0.717) is 24.7 Å². The zero-order chi connectivity index (χ0) is 28.4. The molecule has 0 bridgehead atoms. The van der Waals surface area contributed by atoms with Crippen LogP contribution in [0, 0.1) is 11.8 Å². The van der Waals surface area contributed by atoms with Crippen molar-refractivity contribution in [3.05, 3.63) is 81.0 Å². The van der Waals surface area contributed by atoms with Gasteiger partial charge in [0.15, 0.2) is 11.2 Å². The highest BCUT2D eigenvalue weighted by atomic mass is 19.4. The van der Waals surface area contributed by atoms with Crippen LogP contribution in [-0.2, 0) is 13.1 Å². The molecular formula is C28H27F3N6O3. The van der Waals surface area contributed by atoms with Crippen LogP contribution in [0.5, 0.6) is 5.75 Å². The minimum Gasteiger partial charge on any atom is -0.406 e. The summed E-state index contributed by atoms with van der Waals surface area (Å²) in [5.74, 6) is 5.86. The van der Waals surface area contributed by atoms with Gasteiger partial charge in [0.25, 0.3) is 5.56 Å². The summed E-state index contributed by atoms with van der Waals surface area (Å²) in [6.45, 7) is 2.74. The van der Waals surface area contributed by atoms with E-state index in [1.807, 2.05) is 4.90 Å². The van der Waals surface area contributed by atoms with Crippen molar-refractivity contribution in [2.24, 2.45) is 5.73 Å². The average molecular weight is 553 g/mol. The van der Waals surface area contributed by atoms with Crippen molar-refractivity contribution in [3.8, 4) is 23.3 Å². The standard InChI is InChI=1S/C28H27F3N6O3/c1-2-3-15-35-23-24(33-26(35)34-14-8-10-20(32)18-34)37(21-11-5-4-6-12-21)27(39)36(25(23)38)17-19-9-7-13-22(16-19)40-28(29,30)31/h4-7,9,11-13,16,20H,8,10,14-15,17-18,32H2,1H3. The van der Waals surface area contributed by atoms with Gasteiger partial charge < -0.3 is 15.4 Å². The Labute approximate surface area is 227 Å². The molecule has 0 amide bonds. The van der Waals surface area contributed by atoms with E-state index in [9.17, 15) is 22.8 Å². The van der Waals surface area contributed by atoms with Crippen LogP contribution in [0.25, 0.3) is 16.9 Å². The first kappa shape index (κ1) is 27.1. The van der Waals surface area contributed by atoms with Gasteiger partial charge in [0.05, 0.1) is 18.8 Å². The van der Waals surface area contributed by atoms with Crippen molar-refractivity contribution < 1.29 is 17.9 Å². The number of benzene rings is 2. The molecule has 2 aromatic heterocycles. The van der Waals surface area contributed by atoms with Crippen molar-refractivity contribution in [2.45, 2.75) is 45.3 Å². The molecule has 0 saturated carbocycles. The van der Waals surface area contributed by atoms with Crippen LogP contribution in [0.3, 0.4) is 0 Å². The maximum Gasteiger partial charge on any atom is 0.573 e. The summed E-state index contributed by atoms with van der Waals surface area (Å²) in [5, 5.41) is 0.